The van der Waals surface area contributed by atoms with Crippen molar-refractivity contribution in [3.8, 4) is 0 Å². The van der Waals surface area contributed by atoms with E-state index in [1.165, 1.54) is 32.1 Å². The van der Waals surface area contributed by atoms with Crippen molar-refractivity contribution in [1.82, 2.24) is 5.32 Å². The van der Waals surface area contributed by atoms with Crippen LogP contribution in [0.3, 0.4) is 0 Å². The van der Waals surface area contributed by atoms with E-state index >= 15 is 0 Å². The summed E-state index contributed by atoms with van der Waals surface area (Å²) in [6, 6.07) is 7.54. The molecule has 0 radical (unpaired) electrons. The van der Waals surface area contributed by atoms with Crippen molar-refractivity contribution in [2.24, 2.45) is 5.92 Å². The van der Waals surface area contributed by atoms with Gasteiger partial charge in [-0.25, -0.2) is 0 Å². The fourth-order valence-corrected chi connectivity index (χ4v) is 2.70. The number of amides is 1. The van der Waals surface area contributed by atoms with Gasteiger partial charge in [-0.2, -0.15) is 0 Å². The monoisotopic (exact) mass is 276 g/mol. The second kappa shape index (κ2) is 7.90. The highest BCUT2D eigenvalue weighted by atomic mass is 16.3. The molecule has 0 atom stereocenters. The Kier molecular flexibility index (Phi) is 5.87. The first-order valence-electron chi connectivity index (χ1n) is 7.52. The lowest BCUT2D eigenvalue weighted by atomic mass is 9.89. The van der Waals surface area contributed by atoms with Crippen molar-refractivity contribution in [3.63, 3.8) is 0 Å². The van der Waals surface area contributed by atoms with Crippen LogP contribution < -0.4 is 10.6 Å². The summed E-state index contributed by atoms with van der Waals surface area (Å²) >= 11 is 0. The topological polar surface area (TPSA) is 61.4 Å². The molecule has 1 amide bonds. The number of carbonyl (C=O) groups excluding carboxylic acids is 1. The zero-order valence-electron chi connectivity index (χ0n) is 11.9. The minimum atomic E-state index is -0.139. The average Bonchev–Trinajstić information content (AvgIpc) is 2.52. The predicted molar refractivity (Wildman–Crippen MR) is 80.9 cm³/mol. The lowest BCUT2D eigenvalue weighted by Gasteiger charge is -2.22. The van der Waals surface area contributed by atoms with E-state index in [1.807, 2.05) is 18.2 Å². The molecular weight excluding hydrogens is 252 g/mol. The maximum absolute atomic E-state index is 11.8. The predicted octanol–water partition coefficient (Wildman–Crippen LogP) is 2.40. The molecule has 0 saturated heterocycles. The molecule has 0 aliphatic heterocycles. The van der Waals surface area contributed by atoms with Gasteiger partial charge >= 0.3 is 0 Å². The molecule has 4 heteroatoms. The Balaban J connectivity index is 1.86. The van der Waals surface area contributed by atoms with Gasteiger partial charge in [-0.1, -0.05) is 25.3 Å². The third kappa shape index (κ3) is 4.53. The molecule has 1 saturated carbocycles. The van der Waals surface area contributed by atoms with Gasteiger partial charge in [0.05, 0.1) is 6.61 Å². The molecule has 0 spiro atoms. The normalized spacial score (nSPS) is 15.8. The Morgan fingerprint density at radius 2 is 2.05 bits per heavy atom. The van der Waals surface area contributed by atoms with Crippen LogP contribution >= 0.6 is 0 Å². The molecule has 1 fully saturated rings. The SMILES string of the molecule is O=C(NCCO)c1cccc(NCC2CCCCC2)c1. The van der Waals surface area contributed by atoms with E-state index < -0.39 is 0 Å². The number of carbonyl (C=O) groups is 1. The largest absolute Gasteiger partial charge is 0.395 e. The Morgan fingerprint density at radius 1 is 1.25 bits per heavy atom. The standard InChI is InChI=1S/C16H24N2O2/c19-10-9-17-16(20)14-7-4-8-15(11-14)18-12-13-5-2-1-3-6-13/h4,7-8,11,13,18-19H,1-3,5-6,9-10,12H2,(H,17,20). The van der Waals surface area contributed by atoms with E-state index in [2.05, 4.69) is 10.6 Å². The third-order valence-corrected chi connectivity index (χ3v) is 3.84. The van der Waals surface area contributed by atoms with Gasteiger partial charge in [0.25, 0.3) is 5.91 Å². The maximum atomic E-state index is 11.8. The van der Waals surface area contributed by atoms with Crippen LogP contribution in [-0.2, 0) is 0 Å². The number of hydrogen-bond donors (Lipinski definition) is 3. The molecule has 4 nitrogen and oxygen atoms in total. The highest BCUT2D eigenvalue weighted by Gasteiger charge is 2.13. The maximum Gasteiger partial charge on any atom is 0.251 e. The van der Waals surface area contributed by atoms with Gasteiger partial charge < -0.3 is 15.7 Å². The summed E-state index contributed by atoms with van der Waals surface area (Å²) in [6.07, 6.45) is 6.68. The second-order valence-electron chi connectivity index (χ2n) is 5.45. The van der Waals surface area contributed by atoms with Crippen molar-refractivity contribution in [2.75, 3.05) is 25.0 Å². The zero-order chi connectivity index (χ0) is 14.2. The molecule has 0 aromatic heterocycles. The van der Waals surface area contributed by atoms with E-state index in [4.69, 9.17) is 5.11 Å². The number of aliphatic hydroxyl groups is 1. The molecule has 110 valence electrons. The van der Waals surface area contributed by atoms with Crippen molar-refractivity contribution in [3.05, 3.63) is 29.8 Å². The highest BCUT2D eigenvalue weighted by Crippen LogP contribution is 2.24. The molecule has 0 heterocycles. The van der Waals surface area contributed by atoms with Crippen molar-refractivity contribution >= 4 is 11.6 Å². The summed E-state index contributed by atoms with van der Waals surface area (Å²) in [5.74, 6) is 0.621. The van der Waals surface area contributed by atoms with Gasteiger partial charge in [-0.15, -0.1) is 0 Å². The van der Waals surface area contributed by atoms with Gasteiger partial charge in [0.2, 0.25) is 0 Å². The quantitative estimate of drug-likeness (QED) is 0.747. The number of nitrogens with one attached hydrogen (secondary N) is 2. The Hall–Kier alpha value is -1.55. The summed E-state index contributed by atoms with van der Waals surface area (Å²) in [7, 11) is 0. The molecule has 1 aromatic carbocycles. The van der Waals surface area contributed by atoms with Gasteiger partial charge in [-0.3, -0.25) is 4.79 Å². The minimum Gasteiger partial charge on any atom is -0.395 e. The van der Waals surface area contributed by atoms with E-state index in [0.717, 1.165) is 18.2 Å². The van der Waals surface area contributed by atoms with Gasteiger partial charge in [0, 0.05) is 24.3 Å². The van der Waals surface area contributed by atoms with Crippen LogP contribution in [0.2, 0.25) is 0 Å². The fourth-order valence-electron chi connectivity index (χ4n) is 2.70. The van der Waals surface area contributed by atoms with Gasteiger partial charge in [0.15, 0.2) is 0 Å². The van der Waals surface area contributed by atoms with Crippen LogP contribution in [0, 0.1) is 5.92 Å². The highest BCUT2D eigenvalue weighted by molar-refractivity contribution is 5.95. The van der Waals surface area contributed by atoms with Crippen LogP contribution in [-0.4, -0.2) is 30.7 Å². The fraction of sp³-hybridized carbons (Fsp3) is 0.562. The second-order valence-corrected chi connectivity index (χ2v) is 5.45. The molecule has 0 bridgehead atoms. The zero-order valence-corrected chi connectivity index (χ0v) is 11.9. The number of benzene rings is 1. The smallest absolute Gasteiger partial charge is 0.251 e. The van der Waals surface area contributed by atoms with E-state index in [-0.39, 0.29) is 12.5 Å². The van der Waals surface area contributed by atoms with Crippen LogP contribution in [0.4, 0.5) is 5.69 Å². The van der Waals surface area contributed by atoms with E-state index in [9.17, 15) is 4.79 Å². The van der Waals surface area contributed by atoms with Crippen LogP contribution in [0.5, 0.6) is 0 Å². The molecule has 0 unspecified atom stereocenters. The Morgan fingerprint density at radius 3 is 2.80 bits per heavy atom. The Labute approximate surface area is 120 Å². The van der Waals surface area contributed by atoms with Crippen molar-refractivity contribution in [2.45, 2.75) is 32.1 Å². The molecule has 3 N–H and O–H groups in total. The molecule has 1 aliphatic rings. The van der Waals surface area contributed by atoms with Crippen LogP contribution in [0.25, 0.3) is 0 Å². The molecule has 1 aromatic rings. The summed E-state index contributed by atoms with van der Waals surface area (Å²) < 4.78 is 0. The summed E-state index contributed by atoms with van der Waals surface area (Å²) in [4.78, 5) is 11.8. The average molecular weight is 276 g/mol. The van der Waals surface area contributed by atoms with Crippen molar-refractivity contribution < 1.29 is 9.90 Å². The number of hydrogen-bond acceptors (Lipinski definition) is 3. The number of rotatable bonds is 6. The first-order valence-corrected chi connectivity index (χ1v) is 7.52. The Bertz CT molecular complexity index is 428. The molecule has 20 heavy (non-hydrogen) atoms. The van der Waals surface area contributed by atoms with Crippen LogP contribution in [0.1, 0.15) is 42.5 Å². The first kappa shape index (κ1) is 14.9. The lowest BCUT2D eigenvalue weighted by molar-refractivity contribution is 0.0945. The van der Waals surface area contributed by atoms with E-state index in [0.29, 0.717) is 12.1 Å². The summed E-state index contributed by atoms with van der Waals surface area (Å²) in [6.45, 7) is 1.24. The molecule has 2 rings (SSSR count). The van der Waals surface area contributed by atoms with Gasteiger partial charge in [0.1, 0.15) is 0 Å². The van der Waals surface area contributed by atoms with Crippen LogP contribution in [0.15, 0.2) is 24.3 Å². The number of anilines is 1. The minimum absolute atomic E-state index is 0.0363. The lowest BCUT2D eigenvalue weighted by Crippen LogP contribution is -2.26. The van der Waals surface area contributed by atoms with E-state index in [1.54, 1.807) is 6.07 Å². The van der Waals surface area contributed by atoms with Crippen molar-refractivity contribution in [1.29, 1.82) is 0 Å². The molecule has 1 aliphatic carbocycles. The molecular formula is C16H24N2O2. The third-order valence-electron chi connectivity index (χ3n) is 3.84. The summed E-state index contributed by atoms with van der Waals surface area (Å²) in [5, 5.41) is 14.8. The van der Waals surface area contributed by atoms with Gasteiger partial charge in [-0.05, 0) is 37.0 Å². The summed E-state index contributed by atoms with van der Waals surface area (Å²) in [5.41, 5.74) is 1.62. The number of aliphatic hydroxyl groups excluding tert-OH is 1. The first-order chi connectivity index (χ1) is 9.79.